The van der Waals surface area contributed by atoms with Crippen LogP contribution in [0, 0.1) is 17.7 Å². The summed E-state index contributed by atoms with van der Waals surface area (Å²) in [4.78, 5) is -0.275. The average molecular weight is 243 g/mol. The molecule has 0 bridgehead atoms. The van der Waals surface area contributed by atoms with E-state index in [1.807, 2.05) is 0 Å². The molecule has 1 saturated carbocycles. The second-order valence-corrected chi connectivity index (χ2v) is 5.99. The maximum Gasteiger partial charge on any atom is 0.243 e. The average Bonchev–Trinajstić information content (AvgIpc) is 2.92. The van der Waals surface area contributed by atoms with Crippen LogP contribution in [-0.2, 0) is 10.0 Å². The van der Waals surface area contributed by atoms with Crippen LogP contribution in [-0.4, -0.2) is 15.0 Å². The summed E-state index contributed by atoms with van der Waals surface area (Å²) < 4.78 is 39.2. The molecule has 0 radical (unpaired) electrons. The molecule has 2 rings (SSSR count). The van der Waals surface area contributed by atoms with Crippen molar-refractivity contribution in [3.63, 3.8) is 0 Å². The van der Waals surface area contributed by atoms with Crippen molar-refractivity contribution < 1.29 is 12.8 Å². The van der Waals surface area contributed by atoms with E-state index < -0.39 is 15.8 Å². The summed E-state index contributed by atoms with van der Waals surface area (Å²) in [7, 11) is -3.69. The van der Waals surface area contributed by atoms with E-state index >= 15 is 0 Å². The van der Waals surface area contributed by atoms with Crippen LogP contribution in [0.25, 0.3) is 0 Å². The standard InChI is InChI=1S/C11H14FNO2S/c1-8-6-9(8)7-13-16(14,15)11-5-3-2-4-10(11)12/h2-5,8-9,13H,6-7H2,1H3. The SMILES string of the molecule is CC1CC1CNS(=O)(=O)c1ccccc1F. The summed E-state index contributed by atoms with van der Waals surface area (Å²) in [6, 6.07) is 5.40. The fourth-order valence-corrected chi connectivity index (χ4v) is 2.81. The van der Waals surface area contributed by atoms with Crippen molar-refractivity contribution in [2.75, 3.05) is 6.54 Å². The van der Waals surface area contributed by atoms with E-state index in [-0.39, 0.29) is 4.90 Å². The Hall–Kier alpha value is -0.940. The molecule has 16 heavy (non-hydrogen) atoms. The van der Waals surface area contributed by atoms with Gasteiger partial charge in [0.05, 0.1) is 0 Å². The van der Waals surface area contributed by atoms with Gasteiger partial charge in [0, 0.05) is 6.54 Å². The normalized spacial score (nSPS) is 24.4. The molecule has 0 heterocycles. The molecule has 2 atom stereocenters. The molecule has 1 aromatic rings. The van der Waals surface area contributed by atoms with Crippen LogP contribution in [0.3, 0.4) is 0 Å². The largest absolute Gasteiger partial charge is 0.243 e. The van der Waals surface area contributed by atoms with Crippen LogP contribution in [0.5, 0.6) is 0 Å². The fraction of sp³-hybridized carbons (Fsp3) is 0.455. The van der Waals surface area contributed by atoms with E-state index in [1.54, 1.807) is 0 Å². The van der Waals surface area contributed by atoms with E-state index in [1.165, 1.54) is 18.2 Å². The molecule has 3 nitrogen and oxygen atoms in total. The molecular weight excluding hydrogens is 229 g/mol. The number of rotatable bonds is 4. The lowest BCUT2D eigenvalue weighted by Crippen LogP contribution is -2.26. The Bertz CT molecular complexity index is 487. The molecule has 1 aromatic carbocycles. The topological polar surface area (TPSA) is 46.2 Å². The highest BCUT2D eigenvalue weighted by Crippen LogP contribution is 2.37. The summed E-state index contributed by atoms with van der Waals surface area (Å²) in [6.45, 7) is 2.47. The molecule has 0 aromatic heterocycles. The lowest BCUT2D eigenvalue weighted by molar-refractivity contribution is 0.552. The first-order valence-electron chi connectivity index (χ1n) is 5.25. The Morgan fingerprint density at radius 1 is 1.44 bits per heavy atom. The van der Waals surface area contributed by atoms with Gasteiger partial charge in [-0.05, 0) is 30.4 Å². The Labute approximate surface area is 94.7 Å². The first kappa shape index (κ1) is 11.5. The van der Waals surface area contributed by atoms with E-state index in [2.05, 4.69) is 11.6 Å². The van der Waals surface area contributed by atoms with Crippen LogP contribution in [0.2, 0.25) is 0 Å². The molecule has 0 spiro atoms. The van der Waals surface area contributed by atoms with E-state index in [0.29, 0.717) is 18.4 Å². The van der Waals surface area contributed by atoms with Gasteiger partial charge < -0.3 is 0 Å². The van der Waals surface area contributed by atoms with Gasteiger partial charge in [-0.2, -0.15) is 0 Å². The summed E-state index contributed by atoms with van der Waals surface area (Å²) in [6.07, 6.45) is 1.04. The van der Waals surface area contributed by atoms with E-state index in [4.69, 9.17) is 0 Å². The molecule has 1 N–H and O–H groups in total. The molecule has 1 aliphatic rings. The zero-order valence-electron chi connectivity index (χ0n) is 8.98. The minimum absolute atomic E-state index is 0.275. The zero-order chi connectivity index (χ0) is 11.8. The third-order valence-electron chi connectivity index (χ3n) is 2.94. The van der Waals surface area contributed by atoms with Crippen molar-refractivity contribution in [1.82, 2.24) is 4.72 Å². The maximum atomic E-state index is 13.3. The number of hydrogen-bond donors (Lipinski definition) is 1. The lowest BCUT2D eigenvalue weighted by Gasteiger charge is -2.06. The maximum absolute atomic E-state index is 13.3. The number of nitrogens with one attached hydrogen (secondary N) is 1. The number of halogens is 1. The predicted molar refractivity (Wildman–Crippen MR) is 58.9 cm³/mol. The lowest BCUT2D eigenvalue weighted by atomic mass is 10.3. The van der Waals surface area contributed by atoms with Crippen molar-refractivity contribution in [2.45, 2.75) is 18.2 Å². The van der Waals surface area contributed by atoms with Gasteiger partial charge in [-0.15, -0.1) is 0 Å². The molecular formula is C11H14FNO2S. The summed E-state index contributed by atoms with van der Waals surface area (Å²) in [5, 5.41) is 0. The molecule has 1 fully saturated rings. The second-order valence-electron chi connectivity index (χ2n) is 4.26. The fourth-order valence-electron chi connectivity index (χ4n) is 1.64. The first-order valence-corrected chi connectivity index (χ1v) is 6.73. The molecule has 0 saturated heterocycles. The van der Waals surface area contributed by atoms with Gasteiger partial charge in [0.1, 0.15) is 10.7 Å². The van der Waals surface area contributed by atoms with Crippen molar-refractivity contribution in [1.29, 1.82) is 0 Å². The predicted octanol–water partition coefficient (Wildman–Crippen LogP) is 1.76. The van der Waals surface area contributed by atoms with Gasteiger partial charge in [-0.3, -0.25) is 0 Å². The minimum Gasteiger partial charge on any atom is -0.211 e. The summed E-state index contributed by atoms with van der Waals surface area (Å²) in [5.74, 6) is 0.267. The van der Waals surface area contributed by atoms with Gasteiger partial charge in [0.15, 0.2) is 0 Å². The van der Waals surface area contributed by atoms with Gasteiger partial charge in [0.25, 0.3) is 0 Å². The summed E-state index contributed by atoms with van der Waals surface area (Å²) in [5.41, 5.74) is 0. The van der Waals surface area contributed by atoms with Crippen LogP contribution < -0.4 is 4.72 Å². The Morgan fingerprint density at radius 3 is 2.62 bits per heavy atom. The highest BCUT2D eigenvalue weighted by molar-refractivity contribution is 7.89. The van der Waals surface area contributed by atoms with Gasteiger partial charge in [-0.25, -0.2) is 17.5 Å². The van der Waals surface area contributed by atoms with Crippen LogP contribution >= 0.6 is 0 Å². The smallest absolute Gasteiger partial charge is 0.211 e. The highest BCUT2D eigenvalue weighted by atomic mass is 32.2. The second kappa shape index (κ2) is 4.14. The van der Waals surface area contributed by atoms with Crippen LogP contribution in [0.1, 0.15) is 13.3 Å². The minimum atomic E-state index is -3.69. The molecule has 88 valence electrons. The zero-order valence-corrected chi connectivity index (χ0v) is 9.80. The van der Waals surface area contributed by atoms with Crippen LogP contribution in [0.4, 0.5) is 4.39 Å². The Balaban J connectivity index is 2.10. The first-order chi connectivity index (χ1) is 7.50. The third kappa shape index (κ3) is 2.41. The summed E-state index contributed by atoms with van der Waals surface area (Å²) >= 11 is 0. The van der Waals surface area contributed by atoms with Gasteiger partial charge in [-0.1, -0.05) is 19.1 Å². The van der Waals surface area contributed by atoms with Gasteiger partial charge >= 0.3 is 0 Å². The third-order valence-corrected chi connectivity index (χ3v) is 4.39. The quantitative estimate of drug-likeness (QED) is 0.876. The number of benzene rings is 1. The van der Waals surface area contributed by atoms with Gasteiger partial charge in [0.2, 0.25) is 10.0 Å². The van der Waals surface area contributed by atoms with Crippen molar-refractivity contribution in [3.05, 3.63) is 30.1 Å². The van der Waals surface area contributed by atoms with E-state index in [0.717, 1.165) is 12.5 Å². The van der Waals surface area contributed by atoms with Crippen molar-refractivity contribution in [3.8, 4) is 0 Å². The van der Waals surface area contributed by atoms with E-state index in [9.17, 15) is 12.8 Å². The molecule has 5 heteroatoms. The van der Waals surface area contributed by atoms with Crippen LogP contribution in [0.15, 0.2) is 29.2 Å². The molecule has 0 aliphatic heterocycles. The van der Waals surface area contributed by atoms with Crippen molar-refractivity contribution in [2.24, 2.45) is 11.8 Å². The number of hydrogen-bond acceptors (Lipinski definition) is 2. The Kier molecular flexibility index (Phi) is 2.99. The monoisotopic (exact) mass is 243 g/mol. The molecule has 1 aliphatic carbocycles. The molecule has 2 unspecified atom stereocenters. The molecule has 0 amide bonds. The highest BCUT2D eigenvalue weighted by Gasteiger charge is 2.33. The Morgan fingerprint density at radius 2 is 2.06 bits per heavy atom. The van der Waals surface area contributed by atoms with Crippen molar-refractivity contribution >= 4 is 10.0 Å². The number of sulfonamides is 1.